The van der Waals surface area contributed by atoms with Crippen LogP contribution in [0.25, 0.3) is 53.6 Å². The molecule has 2 aromatic heterocycles. The number of thiophene rings is 2. The van der Waals surface area contributed by atoms with Crippen molar-refractivity contribution in [1.82, 2.24) is 0 Å². The maximum Gasteiger partial charge on any atom is 0.252 e. The maximum atomic E-state index is 2.66. The molecule has 1 aliphatic carbocycles. The lowest BCUT2D eigenvalue weighted by Crippen LogP contribution is -2.61. The SMILES string of the molecule is Cc1cc2c3c(c1)N(c1cc(-c4csc5ccccc45)cc(-c4csc5ccccc45)c1)c1cc4c(cc1B3c1cc(C(C)(C)C)ccc1N2c1ccc(C(C)(C)C)cc1)-c1ccccc1C4(C)C. The van der Waals surface area contributed by atoms with Gasteiger partial charge in [0.1, 0.15) is 0 Å². The van der Waals surface area contributed by atoms with Gasteiger partial charge in [-0.3, -0.25) is 0 Å². The van der Waals surface area contributed by atoms with Crippen LogP contribution < -0.4 is 26.2 Å². The normalized spacial score (nSPS) is 14.5. The van der Waals surface area contributed by atoms with Gasteiger partial charge >= 0.3 is 0 Å². The predicted octanol–water partition coefficient (Wildman–Crippen LogP) is 16.7. The number of hydrogen-bond acceptors (Lipinski definition) is 4. The van der Waals surface area contributed by atoms with Gasteiger partial charge in [-0.25, -0.2) is 0 Å². The fraction of sp³-hybridized carbons (Fsp3) is 0.188. The van der Waals surface area contributed by atoms with Crippen molar-refractivity contribution in [2.45, 2.75) is 78.6 Å². The predicted molar refractivity (Wildman–Crippen MR) is 302 cm³/mol. The molecule has 13 rings (SSSR count). The van der Waals surface area contributed by atoms with Crippen LogP contribution in [-0.2, 0) is 16.2 Å². The minimum Gasteiger partial charge on any atom is -0.311 e. The summed E-state index contributed by atoms with van der Waals surface area (Å²) in [4.78, 5) is 5.23. The molecule has 0 saturated carbocycles. The lowest BCUT2D eigenvalue weighted by atomic mass is 9.33. The number of aryl methyl sites for hydroxylation is 1. The third kappa shape index (κ3) is 6.43. The summed E-state index contributed by atoms with van der Waals surface area (Å²) in [5.74, 6) is 0. The van der Waals surface area contributed by atoms with E-state index in [1.807, 2.05) is 22.7 Å². The van der Waals surface area contributed by atoms with Crippen LogP contribution in [0, 0.1) is 6.92 Å². The Morgan fingerprint density at radius 1 is 0.449 bits per heavy atom. The zero-order valence-electron chi connectivity index (χ0n) is 41.0. The second-order valence-corrected chi connectivity index (χ2v) is 24.2. The van der Waals surface area contributed by atoms with Crippen LogP contribution >= 0.6 is 22.7 Å². The third-order valence-electron chi connectivity index (χ3n) is 15.5. The van der Waals surface area contributed by atoms with E-state index in [1.54, 1.807) is 0 Å². The zero-order chi connectivity index (χ0) is 47.3. The molecule has 3 aliphatic rings. The van der Waals surface area contributed by atoms with Crippen molar-refractivity contribution in [3.05, 3.63) is 196 Å². The monoisotopic (exact) mass is 926 g/mol. The minimum absolute atomic E-state index is 0.00490. The van der Waals surface area contributed by atoms with Crippen molar-refractivity contribution in [3.63, 3.8) is 0 Å². The van der Waals surface area contributed by atoms with Crippen LogP contribution in [0.2, 0.25) is 0 Å². The molecule has 10 aromatic rings. The standard InChI is InChI=1S/C64H55BN2S2/c1-38-28-57-61-58(29-38)67(44-31-39(49-36-68-59-20-14-11-17-46(49)59)30-40(32-44)50-37-69-60-21-15-12-18-47(50)60)56-35-52-48(45-16-10-13-19-51(45)64(52,8)9)34-54(56)65(61)53-33-42(63(5,6)7)24-27-55(53)66(57)43-25-22-41(23-26-43)62(2,3)4/h10-37H,1-9H3. The van der Waals surface area contributed by atoms with E-state index in [0.717, 1.165) is 0 Å². The molecule has 0 amide bonds. The van der Waals surface area contributed by atoms with Crippen LogP contribution in [0.3, 0.4) is 0 Å². The Bertz CT molecular complexity index is 3670. The van der Waals surface area contributed by atoms with Gasteiger partial charge in [-0.2, -0.15) is 0 Å². The van der Waals surface area contributed by atoms with Crippen molar-refractivity contribution in [2.24, 2.45) is 0 Å². The van der Waals surface area contributed by atoms with Crippen LogP contribution in [0.5, 0.6) is 0 Å². The lowest BCUT2D eigenvalue weighted by Gasteiger charge is -2.45. The van der Waals surface area contributed by atoms with E-state index in [9.17, 15) is 0 Å². The Labute approximate surface area is 415 Å². The lowest BCUT2D eigenvalue weighted by molar-refractivity contribution is 0.590. The first-order valence-electron chi connectivity index (χ1n) is 24.5. The molecule has 0 spiro atoms. The summed E-state index contributed by atoms with van der Waals surface area (Å²) in [6, 6.07) is 61.2. The quantitative estimate of drug-likeness (QED) is 0.162. The highest BCUT2D eigenvalue weighted by Crippen LogP contribution is 2.53. The summed E-state index contributed by atoms with van der Waals surface area (Å²) in [5.41, 5.74) is 25.6. The molecule has 0 atom stereocenters. The van der Waals surface area contributed by atoms with Gasteiger partial charge in [0.15, 0.2) is 0 Å². The average molecular weight is 927 g/mol. The Morgan fingerprint density at radius 2 is 1.00 bits per heavy atom. The molecule has 0 unspecified atom stereocenters. The highest BCUT2D eigenvalue weighted by atomic mass is 32.1. The van der Waals surface area contributed by atoms with E-state index in [2.05, 4.69) is 241 Å². The maximum absolute atomic E-state index is 2.66. The van der Waals surface area contributed by atoms with E-state index in [1.165, 1.54) is 132 Å². The topological polar surface area (TPSA) is 6.48 Å². The molecule has 0 fully saturated rings. The zero-order valence-corrected chi connectivity index (χ0v) is 42.6. The highest BCUT2D eigenvalue weighted by molar-refractivity contribution is 7.18. The van der Waals surface area contributed by atoms with Gasteiger partial charge < -0.3 is 9.80 Å². The second kappa shape index (κ2) is 14.9. The van der Waals surface area contributed by atoms with Crippen LogP contribution in [0.4, 0.5) is 34.1 Å². The average Bonchev–Trinajstić information content (AvgIpc) is 4.03. The van der Waals surface area contributed by atoms with Crippen molar-refractivity contribution < 1.29 is 0 Å². The Kier molecular flexibility index (Phi) is 9.18. The van der Waals surface area contributed by atoms with Gasteiger partial charge in [0.2, 0.25) is 0 Å². The molecule has 0 saturated heterocycles. The molecule has 4 heterocycles. The molecular weight excluding hydrogens is 872 g/mol. The number of anilines is 6. The number of benzene rings is 8. The fourth-order valence-electron chi connectivity index (χ4n) is 11.9. The van der Waals surface area contributed by atoms with Crippen molar-refractivity contribution in [1.29, 1.82) is 0 Å². The van der Waals surface area contributed by atoms with E-state index in [-0.39, 0.29) is 23.0 Å². The number of hydrogen-bond donors (Lipinski definition) is 0. The molecular formula is C64H55BN2S2. The molecule has 69 heavy (non-hydrogen) atoms. The Hall–Kier alpha value is -6.66. The summed E-state index contributed by atoms with van der Waals surface area (Å²) in [7, 11) is 0. The van der Waals surface area contributed by atoms with Gasteiger partial charge in [-0.15, -0.1) is 22.7 Å². The van der Waals surface area contributed by atoms with Crippen LogP contribution in [0.15, 0.2) is 168 Å². The largest absolute Gasteiger partial charge is 0.311 e. The van der Waals surface area contributed by atoms with Gasteiger partial charge in [0.05, 0.1) is 0 Å². The smallest absolute Gasteiger partial charge is 0.252 e. The first-order valence-corrected chi connectivity index (χ1v) is 26.3. The van der Waals surface area contributed by atoms with Gasteiger partial charge in [-0.1, -0.05) is 146 Å². The van der Waals surface area contributed by atoms with Crippen molar-refractivity contribution in [3.8, 4) is 33.4 Å². The van der Waals surface area contributed by atoms with E-state index in [4.69, 9.17) is 0 Å². The highest BCUT2D eigenvalue weighted by Gasteiger charge is 2.46. The third-order valence-corrected chi connectivity index (χ3v) is 17.5. The molecule has 8 aromatic carbocycles. The van der Waals surface area contributed by atoms with E-state index >= 15 is 0 Å². The van der Waals surface area contributed by atoms with Gasteiger partial charge in [0, 0.05) is 70.8 Å². The number of fused-ring (bicyclic) bond motifs is 9. The molecule has 5 heteroatoms. The first kappa shape index (κ1) is 42.4. The van der Waals surface area contributed by atoms with Crippen molar-refractivity contribution in [2.75, 3.05) is 9.80 Å². The summed E-state index contributed by atoms with van der Waals surface area (Å²) < 4.78 is 2.61. The Balaban J connectivity index is 1.15. The second-order valence-electron chi connectivity index (χ2n) is 22.3. The summed E-state index contributed by atoms with van der Waals surface area (Å²) >= 11 is 3.67. The van der Waals surface area contributed by atoms with Gasteiger partial charge in [0.25, 0.3) is 6.71 Å². The number of nitrogens with zero attached hydrogens (tertiary/aromatic N) is 2. The van der Waals surface area contributed by atoms with Crippen LogP contribution in [-0.4, -0.2) is 6.71 Å². The molecule has 336 valence electrons. The van der Waals surface area contributed by atoms with Crippen LogP contribution in [0.1, 0.15) is 83.2 Å². The number of rotatable bonds is 4. The molecule has 0 bridgehead atoms. The molecule has 0 N–H and O–H groups in total. The summed E-state index contributed by atoms with van der Waals surface area (Å²) in [6.07, 6.45) is 0. The molecule has 2 aliphatic heterocycles. The Morgan fingerprint density at radius 3 is 1.62 bits per heavy atom. The minimum atomic E-state index is -0.178. The van der Waals surface area contributed by atoms with E-state index in [0.29, 0.717) is 0 Å². The first-order chi connectivity index (χ1) is 33.1. The molecule has 0 radical (unpaired) electrons. The van der Waals surface area contributed by atoms with Gasteiger partial charge in [-0.05, 0) is 162 Å². The summed E-state index contributed by atoms with van der Waals surface area (Å²) in [6.45, 7) is 21.1. The molecule has 2 nitrogen and oxygen atoms in total. The fourth-order valence-corrected chi connectivity index (χ4v) is 13.9. The summed E-state index contributed by atoms with van der Waals surface area (Å²) in [5, 5.41) is 7.33. The van der Waals surface area contributed by atoms with E-state index < -0.39 is 0 Å². The van der Waals surface area contributed by atoms with Crippen molar-refractivity contribution >= 4 is 100 Å².